The molecule has 3 aromatic heterocycles. The van der Waals surface area contributed by atoms with Gasteiger partial charge in [-0.25, -0.2) is 15.0 Å². The molecule has 0 radical (unpaired) electrons. The van der Waals surface area contributed by atoms with Crippen molar-refractivity contribution in [1.82, 2.24) is 15.0 Å². The Labute approximate surface area is 248 Å². The van der Waals surface area contributed by atoms with Crippen molar-refractivity contribution < 1.29 is 42.1 Å². The predicted octanol–water partition coefficient (Wildman–Crippen LogP) is 5.67. The number of aromatic nitrogens is 3. The predicted molar refractivity (Wildman–Crippen MR) is 163 cm³/mol. The molecule has 0 bridgehead atoms. The van der Waals surface area contributed by atoms with Crippen molar-refractivity contribution in [3.63, 3.8) is 0 Å². The van der Waals surface area contributed by atoms with E-state index >= 15 is 0 Å². The molecule has 0 spiro atoms. The summed E-state index contributed by atoms with van der Waals surface area (Å²) >= 11 is 0. The smallest absolute Gasteiger partial charge is 0.280 e. The first-order valence-corrected chi connectivity index (χ1v) is 12.6. The SMILES string of the molecule is CC[OH2+].Cc1ccc2cccc([OH2+])c2n1.Cc1ccc2cccc([OH2+])c2n1.Cc1ccc2cccc([OH2+])c2n1.[Ti]. The molecule has 3 heterocycles. The summed E-state index contributed by atoms with van der Waals surface area (Å²) in [4.78, 5) is 12.9. The summed E-state index contributed by atoms with van der Waals surface area (Å²) in [5, 5.41) is 32.1. The molecule has 7 nitrogen and oxygen atoms in total. The van der Waals surface area contributed by atoms with E-state index in [4.69, 9.17) is 20.4 Å². The maximum Gasteiger partial charge on any atom is 0.280 e. The number of rotatable bonds is 0. The van der Waals surface area contributed by atoms with Crippen molar-refractivity contribution in [3.8, 4) is 17.2 Å². The Morgan fingerprint density at radius 3 is 0.975 bits per heavy atom. The Balaban J connectivity index is 0.000000198. The van der Waals surface area contributed by atoms with Gasteiger partial charge >= 0.3 is 0 Å². The fourth-order valence-corrected chi connectivity index (χ4v) is 3.73. The van der Waals surface area contributed by atoms with Gasteiger partial charge in [0.2, 0.25) is 0 Å². The molecule has 0 aliphatic heterocycles. The van der Waals surface area contributed by atoms with Crippen molar-refractivity contribution in [2.75, 3.05) is 6.61 Å². The third-order valence-electron chi connectivity index (χ3n) is 5.58. The van der Waals surface area contributed by atoms with Crippen molar-refractivity contribution in [2.45, 2.75) is 27.7 Å². The van der Waals surface area contributed by atoms with Gasteiger partial charge in [-0.1, -0.05) is 54.6 Å². The maximum absolute atomic E-state index is 7.60. The zero-order valence-corrected chi connectivity index (χ0v) is 24.8. The summed E-state index contributed by atoms with van der Waals surface area (Å²) in [5.74, 6) is 1.49. The minimum absolute atomic E-state index is 0. The molecule has 6 aromatic rings. The fourth-order valence-electron chi connectivity index (χ4n) is 3.73. The number of nitrogens with zero attached hydrogens (tertiary/aromatic N) is 3. The number of fused-ring (bicyclic) bond motifs is 3. The number of para-hydroxylation sites is 3. The minimum Gasteiger partial charge on any atom is -0.592 e. The summed E-state index contributed by atoms with van der Waals surface area (Å²) in [7, 11) is 0. The third-order valence-corrected chi connectivity index (χ3v) is 5.58. The standard InChI is InChI=1S/3C10H9NO.C2H6O.Ti/c3*1-7-5-6-8-3-2-4-9(12)10(8)11-7;1-2-3;/h3*2-6,12H,1H3;3H,2H2,1H3;/p+4. The van der Waals surface area contributed by atoms with Crippen LogP contribution in [0.5, 0.6) is 17.2 Å². The van der Waals surface area contributed by atoms with Gasteiger partial charge in [-0.3, -0.25) is 0 Å². The van der Waals surface area contributed by atoms with Crippen LogP contribution in [0.1, 0.15) is 24.0 Å². The quantitative estimate of drug-likeness (QED) is 0.171. The van der Waals surface area contributed by atoms with Crippen LogP contribution in [0.4, 0.5) is 0 Å². The first-order valence-electron chi connectivity index (χ1n) is 12.6. The number of aryl methyl sites for hydroxylation is 3. The molecule has 3 aromatic carbocycles. The van der Waals surface area contributed by atoms with E-state index in [0.717, 1.165) is 49.8 Å². The van der Waals surface area contributed by atoms with E-state index < -0.39 is 0 Å². The van der Waals surface area contributed by atoms with E-state index in [9.17, 15) is 0 Å². The van der Waals surface area contributed by atoms with Gasteiger partial charge in [0.1, 0.15) is 6.61 Å². The van der Waals surface area contributed by atoms with Gasteiger partial charge in [0.15, 0.2) is 16.6 Å². The number of benzene rings is 3. The molecule has 0 unspecified atom stereocenters. The minimum atomic E-state index is 0. The zero-order valence-electron chi connectivity index (χ0n) is 23.2. The number of pyridine rings is 3. The van der Waals surface area contributed by atoms with Crippen molar-refractivity contribution >= 4 is 32.7 Å². The third kappa shape index (κ3) is 8.75. The van der Waals surface area contributed by atoms with E-state index in [2.05, 4.69) is 15.0 Å². The van der Waals surface area contributed by atoms with Crippen LogP contribution in [0.3, 0.4) is 0 Å². The Hall–Kier alpha value is -4.04. The Morgan fingerprint density at radius 2 is 0.725 bits per heavy atom. The van der Waals surface area contributed by atoms with Crippen molar-refractivity contribution in [1.29, 1.82) is 0 Å². The average Bonchev–Trinajstić information content (AvgIpc) is 2.92. The van der Waals surface area contributed by atoms with Crippen LogP contribution >= 0.6 is 0 Å². The van der Waals surface area contributed by atoms with E-state index in [0.29, 0.717) is 23.9 Å². The topological polar surface area (TPSA) is 130 Å². The van der Waals surface area contributed by atoms with E-state index in [1.165, 1.54) is 0 Å². The summed E-state index contributed by atoms with van der Waals surface area (Å²) < 4.78 is 0. The van der Waals surface area contributed by atoms with Crippen molar-refractivity contribution in [2.24, 2.45) is 0 Å². The van der Waals surface area contributed by atoms with E-state index in [-0.39, 0.29) is 21.7 Å². The van der Waals surface area contributed by atoms with Crippen LogP contribution < -0.4 is 0 Å². The molecule has 0 aliphatic carbocycles. The summed E-state index contributed by atoms with van der Waals surface area (Å²) in [6.45, 7) is 8.10. The first-order chi connectivity index (χ1) is 18.7. The van der Waals surface area contributed by atoms with Crippen LogP contribution in [-0.2, 0) is 21.7 Å². The molecule has 0 aliphatic rings. The molecular formula is C32H37N3O4Ti+4. The molecule has 40 heavy (non-hydrogen) atoms. The van der Waals surface area contributed by atoms with Gasteiger partial charge in [-0.15, -0.1) is 0 Å². The van der Waals surface area contributed by atoms with Crippen LogP contribution in [0, 0.1) is 20.8 Å². The van der Waals surface area contributed by atoms with Gasteiger partial charge in [0.05, 0.1) is 0 Å². The Bertz CT molecular complexity index is 1490. The van der Waals surface area contributed by atoms with Gasteiger partial charge in [-0.2, -0.15) is 0 Å². The van der Waals surface area contributed by atoms with E-state index in [1.54, 1.807) is 25.1 Å². The first kappa shape index (κ1) is 32.2. The van der Waals surface area contributed by atoms with Gasteiger partial charge in [0, 0.05) is 80.1 Å². The zero-order chi connectivity index (χ0) is 28.4. The summed E-state index contributed by atoms with van der Waals surface area (Å²) in [6.07, 6.45) is 0. The molecule has 0 saturated heterocycles. The van der Waals surface area contributed by atoms with E-state index in [1.807, 2.05) is 93.6 Å². The van der Waals surface area contributed by atoms with Crippen LogP contribution in [0.25, 0.3) is 32.7 Å². The monoisotopic (exact) mass is 575 g/mol. The normalized spacial score (nSPS) is 9.82. The van der Waals surface area contributed by atoms with Gasteiger partial charge < -0.3 is 20.4 Å². The van der Waals surface area contributed by atoms with Crippen LogP contribution in [-0.4, -0.2) is 42.0 Å². The second-order valence-corrected chi connectivity index (χ2v) is 8.84. The largest absolute Gasteiger partial charge is 0.592 e. The average molecular weight is 576 g/mol. The molecule has 0 fully saturated rings. The molecule has 8 heteroatoms. The number of hydrogen-bond acceptors (Lipinski definition) is 3. The van der Waals surface area contributed by atoms with Gasteiger partial charge in [-0.05, 0) is 39.0 Å². The summed E-state index contributed by atoms with van der Waals surface area (Å²) in [6, 6.07) is 28.7. The molecule has 0 atom stereocenters. The molecule has 204 valence electrons. The van der Waals surface area contributed by atoms with Crippen LogP contribution in [0.2, 0.25) is 0 Å². The molecule has 6 rings (SSSR count). The van der Waals surface area contributed by atoms with Crippen molar-refractivity contribution in [3.05, 3.63) is 108 Å². The molecule has 0 saturated carbocycles. The Morgan fingerprint density at radius 1 is 0.475 bits per heavy atom. The Kier molecular flexibility index (Phi) is 12.5. The van der Waals surface area contributed by atoms with Crippen LogP contribution in [0.15, 0.2) is 91.0 Å². The van der Waals surface area contributed by atoms with Gasteiger partial charge in [0.25, 0.3) is 17.2 Å². The fraction of sp³-hybridized carbons (Fsp3) is 0.156. The summed E-state index contributed by atoms with van der Waals surface area (Å²) in [5.41, 5.74) is 5.25. The molecular weight excluding hydrogens is 538 g/mol. The second kappa shape index (κ2) is 15.5. The number of hydrogen-bond donors (Lipinski definition) is 0. The maximum atomic E-state index is 7.60. The molecule has 0 amide bonds. The second-order valence-electron chi connectivity index (χ2n) is 8.84. The molecule has 8 N–H and O–H groups in total.